The molecule has 0 radical (unpaired) electrons. The van der Waals surface area contributed by atoms with Crippen molar-refractivity contribution in [3.05, 3.63) is 65.7 Å². The third-order valence-corrected chi connectivity index (χ3v) is 5.71. The first-order valence-electron chi connectivity index (χ1n) is 10.0. The first kappa shape index (κ1) is 20.7. The Morgan fingerprint density at radius 3 is 2.32 bits per heavy atom. The van der Waals surface area contributed by atoms with E-state index < -0.39 is 0 Å². The third kappa shape index (κ3) is 5.73. The average Bonchev–Trinajstić information content (AvgIpc) is 3.04. The number of fused-ring (bicyclic) bond motifs is 2. The molecule has 4 rings (SSSR count). The molecule has 1 amide bonds. The van der Waals surface area contributed by atoms with E-state index in [1.807, 2.05) is 42.5 Å². The Morgan fingerprint density at radius 1 is 0.964 bits per heavy atom. The fourth-order valence-corrected chi connectivity index (χ4v) is 4.32. The van der Waals surface area contributed by atoms with Gasteiger partial charge in [-0.1, -0.05) is 42.5 Å². The first-order chi connectivity index (χ1) is 13.2. The van der Waals surface area contributed by atoms with Crippen LogP contribution < -0.4 is 15.4 Å². The van der Waals surface area contributed by atoms with E-state index in [4.69, 9.17) is 4.74 Å². The molecule has 2 heterocycles. The van der Waals surface area contributed by atoms with Crippen molar-refractivity contribution in [1.82, 2.24) is 10.6 Å². The molecule has 2 N–H and O–H groups in total. The number of ether oxygens (including phenoxy) is 1. The van der Waals surface area contributed by atoms with E-state index >= 15 is 0 Å². The number of piperidine rings is 1. The van der Waals surface area contributed by atoms with Crippen LogP contribution in [0.3, 0.4) is 0 Å². The van der Waals surface area contributed by atoms with Crippen LogP contribution in [0, 0.1) is 5.92 Å². The number of carbonyl (C=O) groups is 1. The van der Waals surface area contributed by atoms with Crippen molar-refractivity contribution >= 4 is 18.3 Å². The Labute approximate surface area is 173 Å². The van der Waals surface area contributed by atoms with Crippen LogP contribution in [0.5, 0.6) is 5.75 Å². The predicted molar refractivity (Wildman–Crippen MR) is 114 cm³/mol. The second kappa shape index (κ2) is 9.94. The SMILES string of the molecule is Cl.O=C(CC1CC2CCC(C1)N2)NCc1ccc(OCc2ccccc2)cc1. The molecule has 2 bridgehead atoms. The van der Waals surface area contributed by atoms with Crippen molar-refractivity contribution in [2.45, 2.75) is 57.3 Å². The zero-order valence-electron chi connectivity index (χ0n) is 16.1. The lowest BCUT2D eigenvalue weighted by Gasteiger charge is -2.28. The van der Waals surface area contributed by atoms with Gasteiger partial charge in [0.2, 0.25) is 5.91 Å². The molecule has 2 atom stereocenters. The van der Waals surface area contributed by atoms with Crippen LogP contribution in [0.25, 0.3) is 0 Å². The quantitative estimate of drug-likeness (QED) is 0.731. The molecule has 28 heavy (non-hydrogen) atoms. The molecule has 2 saturated heterocycles. The van der Waals surface area contributed by atoms with Gasteiger partial charge < -0.3 is 15.4 Å². The molecule has 2 aliphatic rings. The first-order valence-corrected chi connectivity index (χ1v) is 10.0. The largest absolute Gasteiger partial charge is 0.489 e. The molecular formula is C23H29ClN2O2. The summed E-state index contributed by atoms with van der Waals surface area (Å²) in [6, 6.07) is 19.4. The molecule has 0 aliphatic carbocycles. The Morgan fingerprint density at radius 2 is 1.64 bits per heavy atom. The van der Waals surface area contributed by atoms with Gasteiger partial charge in [0.05, 0.1) is 0 Å². The molecule has 150 valence electrons. The van der Waals surface area contributed by atoms with Crippen LogP contribution in [0.15, 0.2) is 54.6 Å². The smallest absolute Gasteiger partial charge is 0.220 e. The molecular weight excluding hydrogens is 372 g/mol. The standard InChI is InChI=1S/C23H28N2O2.ClH/c26-23(14-19-12-20-8-9-21(13-19)25-20)24-15-17-6-10-22(11-7-17)27-16-18-4-2-1-3-5-18;/h1-7,10-11,19-21,25H,8-9,12-16H2,(H,24,26);1H. The van der Waals surface area contributed by atoms with E-state index in [1.165, 1.54) is 12.8 Å². The van der Waals surface area contributed by atoms with Crippen LogP contribution in [-0.2, 0) is 17.9 Å². The Balaban J connectivity index is 0.00000225. The van der Waals surface area contributed by atoms with E-state index in [2.05, 4.69) is 22.8 Å². The number of hydrogen-bond acceptors (Lipinski definition) is 3. The lowest BCUT2D eigenvalue weighted by molar-refractivity contribution is -0.122. The highest BCUT2D eigenvalue weighted by Gasteiger charge is 2.34. The molecule has 4 nitrogen and oxygen atoms in total. The molecule has 0 aromatic heterocycles. The molecule has 2 aromatic carbocycles. The van der Waals surface area contributed by atoms with Gasteiger partial charge in [0.25, 0.3) is 0 Å². The maximum absolute atomic E-state index is 12.3. The van der Waals surface area contributed by atoms with E-state index in [9.17, 15) is 4.79 Å². The third-order valence-electron chi connectivity index (χ3n) is 5.71. The highest BCUT2D eigenvalue weighted by Crippen LogP contribution is 2.32. The number of nitrogens with one attached hydrogen (secondary N) is 2. The maximum Gasteiger partial charge on any atom is 0.220 e. The van der Waals surface area contributed by atoms with Crippen molar-refractivity contribution in [2.24, 2.45) is 5.92 Å². The number of rotatable bonds is 7. The molecule has 2 unspecified atom stereocenters. The van der Waals surface area contributed by atoms with Gasteiger partial charge in [0.15, 0.2) is 0 Å². The van der Waals surface area contributed by atoms with E-state index in [0.29, 0.717) is 37.6 Å². The summed E-state index contributed by atoms with van der Waals surface area (Å²) in [7, 11) is 0. The van der Waals surface area contributed by atoms with Gasteiger partial charge in [-0.3, -0.25) is 4.79 Å². The average molecular weight is 401 g/mol. The lowest BCUT2D eigenvalue weighted by Crippen LogP contribution is -2.39. The summed E-state index contributed by atoms with van der Waals surface area (Å²) < 4.78 is 5.81. The highest BCUT2D eigenvalue weighted by molar-refractivity contribution is 5.85. The Kier molecular flexibility index (Phi) is 7.35. The summed E-state index contributed by atoms with van der Waals surface area (Å²) in [6.45, 7) is 1.14. The van der Waals surface area contributed by atoms with Gasteiger partial charge in [-0.15, -0.1) is 12.4 Å². The second-order valence-corrected chi connectivity index (χ2v) is 7.87. The Hall–Kier alpha value is -2.04. The number of hydrogen-bond donors (Lipinski definition) is 2. The van der Waals surface area contributed by atoms with Crippen molar-refractivity contribution < 1.29 is 9.53 Å². The zero-order chi connectivity index (χ0) is 18.5. The van der Waals surface area contributed by atoms with Gasteiger partial charge in [-0.2, -0.15) is 0 Å². The van der Waals surface area contributed by atoms with Crippen LogP contribution in [0.4, 0.5) is 0 Å². The molecule has 5 heteroatoms. The van der Waals surface area contributed by atoms with Crippen molar-refractivity contribution in [3.63, 3.8) is 0 Å². The zero-order valence-corrected chi connectivity index (χ0v) is 16.9. The number of benzene rings is 2. The second-order valence-electron chi connectivity index (χ2n) is 7.87. The highest BCUT2D eigenvalue weighted by atomic mass is 35.5. The summed E-state index contributed by atoms with van der Waals surface area (Å²) in [5, 5.41) is 6.71. The van der Waals surface area contributed by atoms with Crippen LogP contribution >= 0.6 is 12.4 Å². The van der Waals surface area contributed by atoms with Crippen LogP contribution in [-0.4, -0.2) is 18.0 Å². The Bertz CT molecular complexity index is 739. The fourth-order valence-electron chi connectivity index (χ4n) is 4.32. The molecule has 2 aromatic rings. The predicted octanol–water partition coefficient (Wildman–Crippen LogP) is 4.22. The van der Waals surface area contributed by atoms with Gasteiger partial charge >= 0.3 is 0 Å². The number of amides is 1. The lowest BCUT2D eigenvalue weighted by atomic mass is 9.89. The van der Waals surface area contributed by atoms with Gasteiger partial charge in [0, 0.05) is 25.0 Å². The van der Waals surface area contributed by atoms with Crippen molar-refractivity contribution in [3.8, 4) is 5.75 Å². The summed E-state index contributed by atoms with van der Waals surface area (Å²) in [5.41, 5.74) is 2.25. The molecule has 2 fully saturated rings. The summed E-state index contributed by atoms with van der Waals surface area (Å²) >= 11 is 0. The van der Waals surface area contributed by atoms with E-state index in [1.54, 1.807) is 0 Å². The van der Waals surface area contributed by atoms with Crippen LogP contribution in [0.1, 0.15) is 43.2 Å². The summed E-state index contributed by atoms with van der Waals surface area (Å²) in [6.07, 6.45) is 5.52. The van der Waals surface area contributed by atoms with Gasteiger partial charge in [0.1, 0.15) is 12.4 Å². The minimum absolute atomic E-state index is 0. The van der Waals surface area contributed by atoms with Gasteiger partial charge in [-0.25, -0.2) is 0 Å². The van der Waals surface area contributed by atoms with Crippen molar-refractivity contribution in [2.75, 3.05) is 0 Å². The maximum atomic E-state index is 12.3. The molecule has 0 spiro atoms. The number of halogens is 1. The normalized spacial score (nSPS) is 22.9. The van der Waals surface area contributed by atoms with E-state index in [-0.39, 0.29) is 18.3 Å². The summed E-state index contributed by atoms with van der Waals surface area (Å²) in [4.78, 5) is 12.3. The topological polar surface area (TPSA) is 50.4 Å². The molecule has 2 aliphatic heterocycles. The van der Waals surface area contributed by atoms with E-state index in [0.717, 1.165) is 29.7 Å². The summed E-state index contributed by atoms with van der Waals surface area (Å²) in [5.74, 6) is 1.56. The minimum atomic E-state index is 0. The van der Waals surface area contributed by atoms with Gasteiger partial charge in [-0.05, 0) is 54.9 Å². The molecule has 0 saturated carbocycles. The number of carbonyl (C=O) groups excluding carboxylic acids is 1. The van der Waals surface area contributed by atoms with Crippen LogP contribution in [0.2, 0.25) is 0 Å². The monoisotopic (exact) mass is 400 g/mol. The minimum Gasteiger partial charge on any atom is -0.489 e. The fraction of sp³-hybridized carbons (Fsp3) is 0.435. The van der Waals surface area contributed by atoms with Crippen molar-refractivity contribution in [1.29, 1.82) is 0 Å².